The molecule has 0 aliphatic rings. The molecule has 15 heavy (non-hydrogen) atoms. The number of carbonyl (C=O) groups excluding carboxylic acids is 1. The third kappa shape index (κ3) is 2.50. The number of phenols is 1. The number of carbonyl (C=O) groups is 1. The van der Waals surface area contributed by atoms with Crippen LogP contribution in [-0.4, -0.2) is 16.2 Å². The summed E-state index contributed by atoms with van der Waals surface area (Å²) in [5, 5.41) is 8.94. The number of phenolic OH excluding ortho intramolecular Hbond substituents is 1. The Labute approximate surface area is 91.8 Å². The Kier molecular flexibility index (Phi) is 3.38. The van der Waals surface area contributed by atoms with Gasteiger partial charge < -0.3 is 5.11 Å². The molecule has 0 aliphatic carbocycles. The van der Waals surface area contributed by atoms with Crippen molar-refractivity contribution in [2.75, 3.05) is 5.33 Å². The predicted molar refractivity (Wildman–Crippen MR) is 51.2 cm³/mol. The Bertz CT molecular complexity index is 387. The van der Waals surface area contributed by atoms with Crippen molar-refractivity contribution in [3.8, 4) is 5.75 Å². The molecule has 1 aromatic carbocycles. The zero-order chi connectivity index (χ0) is 11.6. The summed E-state index contributed by atoms with van der Waals surface area (Å²) in [5.41, 5.74) is -1.81. The quantitative estimate of drug-likeness (QED) is 0.669. The molecule has 0 unspecified atom stereocenters. The fraction of sp³-hybridized carbons (Fsp3) is 0.222. The molecular formula is C9H6BrF3O2. The maximum Gasteiger partial charge on any atom is 0.417 e. The first-order valence-corrected chi connectivity index (χ1v) is 4.98. The van der Waals surface area contributed by atoms with Crippen molar-refractivity contribution >= 4 is 21.7 Å². The van der Waals surface area contributed by atoms with Crippen molar-refractivity contribution < 1.29 is 23.1 Å². The number of benzene rings is 1. The lowest BCUT2D eigenvalue weighted by molar-refractivity contribution is -0.138. The van der Waals surface area contributed by atoms with E-state index in [1.165, 1.54) is 0 Å². The summed E-state index contributed by atoms with van der Waals surface area (Å²) in [6, 6.07) is 2.85. The van der Waals surface area contributed by atoms with Crippen LogP contribution in [0.5, 0.6) is 5.75 Å². The first-order valence-electron chi connectivity index (χ1n) is 3.86. The molecule has 0 saturated carbocycles. The summed E-state index contributed by atoms with van der Waals surface area (Å²) in [4.78, 5) is 11.2. The Balaban J connectivity index is 3.40. The summed E-state index contributed by atoms with van der Waals surface area (Å²) in [7, 11) is 0. The molecule has 0 aliphatic heterocycles. The van der Waals surface area contributed by atoms with Gasteiger partial charge in [0.15, 0.2) is 5.78 Å². The Morgan fingerprint density at radius 3 is 2.47 bits per heavy atom. The third-order valence-corrected chi connectivity index (χ3v) is 2.26. The highest BCUT2D eigenvalue weighted by atomic mass is 79.9. The van der Waals surface area contributed by atoms with E-state index in [1.54, 1.807) is 0 Å². The Morgan fingerprint density at radius 1 is 1.40 bits per heavy atom. The number of halogens is 4. The summed E-state index contributed by atoms with van der Waals surface area (Å²) in [6.07, 6.45) is -4.65. The molecule has 0 bridgehead atoms. The zero-order valence-corrected chi connectivity index (χ0v) is 8.89. The number of Topliss-reactive ketones (excluding diaryl/α,β-unsaturated/α-hetero) is 1. The zero-order valence-electron chi connectivity index (χ0n) is 7.31. The van der Waals surface area contributed by atoms with Crippen LogP contribution in [0.3, 0.4) is 0 Å². The first kappa shape index (κ1) is 12.0. The van der Waals surface area contributed by atoms with Gasteiger partial charge in [0, 0.05) is 0 Å². The topological polar surface area (TPSA) is 37.3 Å². The van der Waals surface area contributed by atoms with Crippen LogP contribution in [0, 0.1) is 0 Å². The first-order chi connectivity index (χ1) is 6.88. The van der Waals surface area contributed by atoms with Gasteiger partial charge in [0.1, 0.15) is 5.75 Å². The standard InChI is InChI=1S/C9H6BrF3O2/c10-4-7(15)8-5(9(11,12)13)2-1-3-6(8)14/h1-3,14H,4H2. The molecule has 0 saturated heterocycles. The van der Waals surface area contributed by atoms with E-state index in [0.29, 0.717) is 0 Å². The number of rotatable bonds is 2. The number of alkyl halides is 4. The molecule has 0 aromatic heterocycles. The van der Waals surface area contributed by atoms with Crippen LogP contribution in [0.25, 0.3) is 0 Å². The maximum absolute atomic E-state index is 12.4. The van der Waals surface area contributed by atoms with Crippen molar-refractivity contribution in [1.82, 2.24) is 0 Å². The summed E-state index contributed by atoms with van der Waals surface area (Å²) in [6.45, 7) is 0. The smallest absolute Gasteiger partial charge is 0.417 e. The third-order valence-electron chi connectivity index (χ3n) is 1.75. The van der Waals surface area contributed by atoms with Gasteiger partial charge in [-0.1, -0.05) is 22.0 Å². The second kappa shape index (κ2) is 4.22. The molecule has 0 heterocycles. The van der Waals surface area contributed by atoms with Crippen molar-refractivity contribution in [3.63, 3.8) is 0 Å². The van der Waals surface area contributed by atoms with Gasteiger partial charge in [-0.05, 0) is 12.1 Å². The molecular weight excluding hydrogens is 277 g/mol. The van der Waals surface area contributed by atoms with Crippen LogP contribution < -0.4 is 0 Å². The van der Waals surface area contributed by atoms with Gasteiger partial charge in [-0.25, -0.2) is 0 Å². The van der Waals surface area contributed by atoms with E-state index in [1.807, 2.05) is 0 Å². The lowest BCUT2D eigenvalue weighted by atomic mass is 10.0. The fourth-order valence-corrected chi connectivity index (χ4v) is 1.42. The van der Waals surface area contributed by atoms with Crippen LogP contribution in [0.2, 0.25) is 0 Å². The van der Waals surface area contributed by atoms with Crippen LogP contribution >= 0.6 is 15.9 Å². The second-order valence-corrected chi connectivity index (χ2v) is 3.31. The fourth-order valence-electron chi connectivity index (χ4n) is 1.14. The van der Waals surface area contributed by atoms with E-state index in [2.05, 4.69) is 15.9 Å². The summed E-state index contributed by atoms with van der Waals surface area (Å²) >= 11 is 2.76. The van der Waals surface area contributed by atoms with E-state index in [0.717, 1.165) is 18.2 Å². The van der Waals surface area contributed by atoms with Gasteiger partial charge in [0.05, 0.1) is 16.5 Å². The molecule has 1 rings (SSSR count). The highest BCUT2D eigenvalue weighted by molar-refractivity contribution is 9.09. The van der Waals surface area contributed by atoms with Gasteiger partial charge in [-0.3, -0.25) is 4.79 Å². The molecule has 1 N–H and O–H groups in total. The average Bonchev–Trinajstić information content (AvgIpc) is 2.15. The van der Waals surface area contributed by atoms with Crippen LogP contribution in [-0.2, 0) is 6.18 Å². The Hall–Kier alpha value is -1.04. The van der Waals surface area contributed by atoms with Gasteiger partial charge >= 0.3 is 6.18 Å². The van der Waals surface area contributed by atoms with Crippen molar-refractivity contribution in [2.45, 2.75) is 6.18 Å². The molecule has 0 amide bonds. The van der Waals surface area contributed by atoms with E-state index < -0.39 is 28.8 Å². The minimum absolute atomic E-state index is 0.270. The lowest BCUT2D eigenvalue weighted by Crippen LogP contribution is -2.13. The number of aromatic hydroxyl groups is 1. The van der Waals surface area contributed by atoms with Gasteiger partial charge in [0.2, 0.25) is 0 Å². The lowest BCUT2D eigenvalue weighted by Gasteiger charge is -2.12. The predicted octanol–water partition coefficient (Wildman–Crippen LogP) is 2.99. The van der Waals surface area contributed by atoms with Crippen LogP contribution in [0.1, 0.15) is 15.9 Å². The van der Waals surface area contributed by atoms with Gasteiger partial charge in [-0.2, -0.15) is 13.2 Å². The minimum atomic E-state index is -4.65. The van der Waals surface area contributed by atoms with E-state index in [-0.39, 0.29) is 5.33 Å². The van der Waals surface area contributed by atoms with E-state index >= 15 is 0 Å². The number of ketones is 1. The van der Waals surface area contributed by atoms with Crippen molar-refractivity contribution in [3.05, 3.63) is 29.3 Å². The van der Waals surface area contributed by atoms with Gasteiger partial charge in [-0.15, -0.1) is 0 Å². The van der Waals surface area contributed by atoms with Gasteiger partial charge in [0.25, 0.3) is 0 Å². The van der Waals surface area contributed by atoms with Crippen molar-refractivity contribution in [1.29, 1.82) is 0 Å². The summed E-state index contributed by atoms with van der Waals surface area (Å²) < 4.78 is 37.3. The second-order valence-electron chi connectivity index (χ2n) is 2.75. The molecule has 0 atom stereocenters. The number of hydrogen-bond donors (Lipinski definition) is 1. The SMILES string of the molecule is O=C(CBr)c1c(O)cccc1C(F)(F)F. The van der Waals surface area contributed by atoms with Crippen molar-refractivity contribution in [2.24, 2.45) is 0 Å². The van der Waals surface area contributed by atoms with E-state index in [4.69, 9.17) is 0 Å². The molecule has 1 aromatic rings. The molecule has 0 spiro atoms. The molecule has 82 valence electrons. The minimum Gasteiger partial charge on any atom is -0.507 e. The largest absolute Gasteiger partial charge is 0.507 e. The normalized spacial score (nSPS) is 11.5. The highest BCUT2D eigenvalue weighted by Crippen LogP contribution is 2.35. The Morgan fingerprint density at radius 2 is 2.00 bits per heavy atom. The maximum atomic E-state index is 12.4. The van der Waals surface area contributed by atoms with E-state index in [9.17, 15) is 23.1 Å². The molecule has 6 heteroatoms. The number of hydrogen-bond acceptors (Lipinski definition) is 2. The molecule has 0 radical (unpaired) electrons. The highest BCUT2D eigenvalue weighted by Gasteiger charge is 2.36. The molecule has 2 nitrogen and oxygen atoms in total. The average molecular weight is 283 g/mol. The van der Waals surface area contributed by atoms with Crippen LogP contribution in [0.15, 0.2) is 18.2 Å². The van der Waals surface area contributed by atoms with Crippen LogP contribution in [0.4, 0.5) is 13.2 Å². The molecule has 0 fully saturated rings. The monoisotopic (exact) mass is 282 g/mol. The summed E-state index contributed by atoms with van der Waals surface area (Å²) in [5.74, 6) is -1.46.